The predicted octanol–water partition coefficient (Wildman–Crippen LogP) is 2.17. The van der Waals surface area contributed by atoms with Crippen molar-refractivity contribution in [1.29, 1.82) is 0 Å². The highest BCUT2D eigenvalue weighted by atomic mass is 35.7. The highest BCUT2D eigenvalue weighted by Gasteiger charge is 2.30. The molecule has 0 N–H and O–H groups in total. The van der Waals surface area contributed by atoms with Gasteiger partial charge in [0.25, 0.3) is 9.05 Å². The Balaban J connectivity index is 2.37. The minimum absolute atomic E-state index is 0.332. The molecule has 0 radical (unpaired) electrons. The highest BCUT2D eigenvalue weighted by Crippen LogP contribution is 2.27. The van der Waals surface area contributed by atoms with Crippen molar-refractivity contribution in [2.24, 2.45) is 5.92 Å². The minimum atomic E-state index is -4.10. The average Bonchev–Trinajstić information content (AvgIpc) is 2.37. The Bertz CT molecular complexity index is 741. The molecule has 0 aliphatic carbocycles. The van der Waals surface area contributed by atoms with Crippen LogP contribution in [0.25, 0.3) is 0 Å². The molecule has 1 fully saturated rings. The molecular weight excluding hydrogens is 341 g/mol. The first kappa shape index (κ1) is 16.7. The molecule has 0 amide bonds. The van der Waals surface area contributed by atoms with Crippen LogP contribution in [0.2, 0.25) is 0 Å². The first-order chi connectivity index (χ1) is 9.62. The summed E-state index contributed by atoms with van der Waals surface area (Å²) in [5, 5.41) is 0. The minimum Gasteiger partial charge on any atom is -0.207 e. The third-order valence-electron chi connectivity index (χ3n) is 3.55. The number of nitrogens with zero attached hydrogens (tertiary/aromatic N) is 1. The molecule has 0 saturated carbocycles. The van der Waals surface area contributed by atoms with Gasteiger partial charge >= 0.3 is 0 Å². The molecule has 1 saturated heterocycles. The first-order valence-corrected chi connectivity index (χ1v) is 10.1. The van der Waals surface area contributed by atoms with E-state index in [9.17, 15) is 21.2 Å². The van der Waals surface area contributed by atoms with E-state index >= 15 is 0 Å². The number of piperidine rings is 1. The van der Waals surface area contributed by atoms with Gasteiger partial charge in [-0.25, -0.2) is 21.2 Å². The van der Waals surface area contributed by atoms with Crippen LogP contribution in [0.4, 0.5) is 4.39 Å². The summed E-state index contributed by atoms with van der Waals surface area (Å²) in [5.41, 5.74) is 0. The molecule has 0 aromatic heterocycles. The fourth-order valence-corrected chi connectivity index (χ4v) is 4.48. The molecule has 21 heavy (non-hydrogen) atoms. The Morgan fingerprint density at radius 3 is 2.24 bits per heavy atom. The van der Waals surface area contributed by atoms with Crippen molar-refractivity contribution in [1.82, 2.24) is 4.31 Å². The van der Waals surface area contributed by atoms with Gasteiger partial charge in [-0.15, -0.1) is 0 Å². The molecule has 0 unspecified atom stereocenters. The van der Waals surface area contributed by atoms with Crippen LogP contribution >= 0.6 is 10.7 Å². The lowest BCUT2D eigenvalue weighted by atomic mass is 10.0. The normalized spacial score (nSPS) is 18.8. The van der Waals surface area contributed by atoms with Crippen LogP contribution in [0.3, 0.4) is 0 Å². The smallest absolute Gasteiger partial charge is 0.207 e. The molecule has 9 heteroatoms. The van der Waals surface area contributed by atoms with Gasteiger partial charge < -0.3 is 0 Å². The van der Waals surface area contributed by atoms with Crippen molar-refractivity contribution < 1.29 is 21.2 Å². The molecule has 118 valence electrons. The highest BCUT2D eigenvalue weighted by molar-refractivity contribution is 8.13. The molecule has 0 atom stereocenters. The van der Waals surface area contributed by atoms with E-state index in [1.54, 1.807) is 0 Å². The SMILES string of the molecule is CC1CCN(S(=O)(=O)c2ccc(S(=O)(=O)Cl)cc2F)CC1. The van der Waals surface area contributed by atoms with Crippen molar-refractivity contribution in [3.63, 3.8) is 0 Å². The summed E-state index contributed by atoms with van der Waals surface area (Å²) in [7, 11) is -2.95. The number of halogens is 2. The van der Waals surface area contributed by atoms with Gasteiger partial charge in [0, 0.05) is 23.8 Å². The molecule has 1 aliphatic rings. The van der Waals surface area contributed by atoms with Gasteiger partial charge in [-0.05, 0) is 37.0 Å². The molecule has 1 aromatic carbocycles. The van der Waals surface area contributed by atoms with Gasteiger partial charge in [-0.1, -0.05) is 6.92 Å². The number of hydrogen-bond donors (Lipinski definition) is 0. The monoisotopic (exact) mass is 355 g/mol. The fourth-order valence-electron chi connectivity index (χ4n) is 2.21. The Labute approximate surface area is 128 Å². The maximum Gasteiger partial charge on any atom is 0.261 e. The van der Waals surface area contributed by atoms with E-state index in [1.807, 2.05) is 6.92 Å². The van der Waals surface area contributed by atoms with Crippen LogP contribution in [0, 0.1) is 11.7 Å². The molecule has 1 aliphatic heterocycles. The van der Waals surface area contributed by atoms with Crippen LogP contribution in [0.5, 0.6) is 0 Å². The zero-order chi connectivity index (χ0) is 15.8. The summed E-state index contributed by atoms with van der Waals surface area (Å²) in [6, 6.07) is 2.56. The second kappa shape index (κ2) is 5.83. The van der Waals surface area contributed by atoms with E-state index in [2.05, 4.69) is 0 Å². The van der Waals surface area contributed by atoms with Crippen molar-refractivity contribution in [2.75, 3.05) is 13.1 Å². The average molecular weight is 356 g/mol. The standard InChI is InChI=1S/C12H15ClFNO4S2/c1-9-4-6-15(7-5-9)21(18,19)12-3-2-10(8-11(12)14)20(13,16)17/h2-3,8-9H,4-7H2,1H3. The Kier molecular flexibility index (Phi) is 4.63. The van der Waals surface area contributed by atoms with Gasteiger partial charge in [0.15, 0.2) is 0 Å². The molecule has 5 nitrogen and oxygen atoms in total. The van der Waals surface area contributed by atoms with Crippen molar-refractivity contribution in [3.05, 3.63) is 24.0 Å². The Hall–Kier alpha value is -0.700. The van der Waals surface area contributed by atoms with E-state index in [0.29, 0.717) is 25.1 Å². The lowest BCUT2D eigenvalue weighted by Crippen LogP contribution is -2.38. The van der Waals surface area contributed by atoms with Crippen LogP contribution in [0.1, 0.15) is 19.8 Å². The third-order valence-corrected chi connectivity index (χ3v) is 6.83. The number of sulfonamides is 1. The van der Waals surface area contributed by atoms with Gasteiger partial charge in [-0.3, -0.25) is 0 Å². The van der Waals surface area contributed by atoms with Crippen LogP contribution in [0.15, 0.2) is 28.0 Å². The second-order valence-electron chi connectivity index (χ2n) is 5.12. The third kappa shape index (κ3) is 3.56. The summed E-state index contributed by atoms with van der Waals surface area (Å²) < 4.78 is 62.2. The van der Waals surface area contributed by atoms with Crippen LogP contribution < -0.4 is 0 Å². The van der Waals surface area contributed by atoms with Crippen molar-refractivity contribution in [2.45, 2.75) is 29.6 Å². The van der Waals surface area contributed by atoms with E-state index in [-0.39, 0.29) is 0 Å². The maximum absolute atomic E-state index is 14.0. The summed E-state index contributed by atoms with van der Waals surface area (Å²) in [5.74, 6) is -0.680. The lowest BCUT2D eigenvalue weighted by Gasteiger charge is -2.29. The fraction of sp³-hybridized carbons (Fsp3) is 0.500. The summed E-state index contributed by atoms with van der Waals surface area (Å²) >= 11 is 0. The van der Waals surface area contributed by atoms with Crippen molar-refractivity contribution >= 4 is 29.8 Å². The molecule has 0 bridgehead atoms. The van der Waals surface area contributed by atoms with Crippen LogP contribution in [-0.4, -0.2) is 34.2 Å². The molecule has 0 spiro atoms. The lowest BCUT2D eigenvalue weighted by molar-refractivity contribution is 0.287. The zero-order valence-electron chi connectivity index (χ0n) is 11.3. The molecular formula is C12H15ClFNO4S2. The summed E-state index contributed by atoms with van der Waals surface area (Å²) in [6.07, 6.45) is 1.43. The predicted molar refractivity (Wildman–Crippen MR) is 76.6 cm³/mol. The summed E-state index contributed by atoms with van der Waals surface area (Å²) in [4.78, 5) is -0.992. The Morgan fingerprint density at radius 1 is 1.19 bits per heavy atom. The summed E-state index contributed by atoms with van der Waals surface area (Å²) in [6.45, 7) is 2.70. The van der Waals surface area contributed by atoms with E-state index in [0.717, 1.165) is 25.0 Å². The first-order valence-electron chi connectivity index (χ1n) is 6.37. The molecule has 1 heterocycles. The largest absolute Gasteiger partial charge is 0.261 e. The Morgan fingerprint density at radius 2 is 1.76 bits per heavy atom. The quantitative estimate of drug-likeness (QED) is 0.779. The topological polar surface area (TPSA) is 71.5 Å². The van der Waals surface area contributed by atoms with Gasteiger partial charge in [0.2, 0.25) is 10.0 Å². The number of benzene rings is 1. The molecule has 1 aromatic rings. The van der Waals surface area contributed by atoms with E-state index in [4.69, 9.17) is 10.7 Å². The van der Waals surface area contributed by atoms with Gasteiger partial charge in [-0.2, -0.15) is 4.31 Å². The van der Waals surface area contributed by atoms with Gasteiger partial charge in [0.05, 0.1) is 4.90 Å². The van der Waals surface area contributed by atoms with E-state index in [1.165, 1.54) is 4.31 Å². The zero-order valence-corrected chi connectivity index (χ0v) is 13.7. The van der Waals surface area contributed by atoms with Crippen molar-refractivity contribution in [3.8, 4) is 0 Å². The van der Waals surface area contributed by atoms with Crippen LogP contribution in [-0.2, 0) is 19.1 Å². The second-order valence-corrected chi connectivity index (χ2v) is 9.59. The number of hydrogen-bond acceptors (Lipinski definition) is 4. The van der Waals surface area contributed by atoms with Gasteiger partial charge in [0.1, 0.15) is 10.7 Å². The van der Waals surface area contributed by atoms with E-state index < -0.39 is 34.7 Å². The maximum atomic E-state index is 14.0. The molecule has 2 rings (SSSR count). The number of rotatable bonds is 3.